The van der Waals surface area contributed by atoms with Gasteiger partial charge >= 0.3 is 0 Å². The number of hydrazone groups is 1. The van der Waals surface area contributed by atoms with E-state index in [4.69, 9.17) is 4.74 Å². The van der Waals surface area contributed by atoms with Crippen molar-refractivity contribution in [2.75, 3.05) is 7.11 Å². The summed E-state index contributed by atoms with van der Waals surface area (Å²) in [6, 6.07) is 8.67. The Labute approximate surface area is 164 Å². The summed E-state index contributed by atoms with van der Waals surface area (Å²) in [5.74, 6) is 0.898. The Morgan fingerprint density at radius 1 is 1.41 bits per heavy atom. The van der Waals surface area contributed by atoms with Gasteiger partial charge in [0.25, 0.3) is 5.91 Å². The van der Waals surface area contributed by atoms with E-state index in [2.05, 4.69) is 42.9 Å². The highest BCUT2D eigenvalue weighted by atomic mass is 79.9. The van der Waals surface area contributed by atoms with Crippen molar-refractivity contribution < 1.29 is 14.6 Å². The van der Waals surface area contributed by atoms with Crippen molar-refractivity contribution in [3.63, 3.8) is 0 Å². The molecule has 0 unspecified atom stereocenters. The molecule has 3 rings (SSSR count). The van der Waals surface area contributed by atoms with E-state index in [0.717, 1.165) is 23.4 Å². The van der Waals surface area contributed by atoms with Crippen molar-refractivity contribution in [2.45, 2.75) is 20.4 Å². The van der Waals surface area contributed by atoms with Crippen LogP contribution < -0.4 is 10.2 Å². The van der Waals surface area contributed by atoms with E-state index in [1.165, 1.54) is 13.3 Å². The van der Waals surface area contributed by atoms with Gasteiger partial charge in [0.1, 0.15) is 5.82 Å². The number of hydrogen-bond donors (Lipinski definition) is 2. The minimum atomic E-state index is -0.332. The molecule has 0 spiro atoms. The molecule has 0 saturated heterocycles. The number of nitrogens with zero attached hydrogens (tertiary/aromatic N) is 3. The van der Waals surface area contributed by atoms with Gasteiger partial charge in [-0.15, -0.1) is 0 Å². The molecule has 0 radical (unpaired) electrons. The van der Waals surface area contributed by atoms with Crippen molar-refractivity contribution in [2.24, 2.45) is 5.10 Å². The highest BCUT2D eigenvalue weighted by molar-refractivity contribution is 9.10. The van der Waals surface area contributed by atoms with Crippen LogP contribution in [-0.4, -0.2) is 33.9 Å². The molecule has 1 heterocycles. The lowest BCUT2D eigenvalue weighted by atomic mass is 10.2. The van der Waals surface area contributed by atoms with Gasteiger partial charge < -0.3 is 14.4 Å². The molecular weight excluding hydrogens is 412 g/mol. The summed E-state index contributed by atoms with van der Waals surface area (Å²) in [7, 11) is 1.46. The number of halogens is 1. The average molecular weight is 431 g/mol. The summed E-state index contributed by atoms with van der Waals surface area (Å²) < 4.78 is 7.65. The molecule has 2 N–H and O–H groups in total. The van der Waals surface area contributed by atoms with Crippen LogP contribution in [-0.2, 0) is 6.54 Å². The van der Waals surface area contributed by atoms with E-state index >= 15 is 0 Å². The number of phenolic OH excluding ortho intramolecular Hbond substituents is 1. The fourth-order valence-corrected chi connectivity index (χ4v) is 3.30. The summed E-state index contributed by atoms with van der Waals surface area (Å²) in [4.78, 5) is 16.8. The molecule has 2 aromatic carbocycles. The first-order valence-electron chi connectivity index (χ1n) is 8.31. The van der Waals surface area contributed by atoms with Crippen LogP contribution in [0.3, 0.4) is 0 Å². The van der Waals surface area contributed by atoms with E-state index in [0.29, 0.717) is 21.3 Å². The third-order valence-electron chi connectivity index (χ3n) is 4.17. The molecule has 1 aromatic heterocycles. The van der Waals surface area contributed by atoms with Crippen molar-refractivity contribution in [1.29, 1.82) is 0 Å². The molecule has 27 heavy (non-hydrogen) atoms. The fourth-order valence-electron chi connectivity index (χ4n) is 2.84. The Hall–Kier alpha value is -2.87. The number of aryl methyl sites for hydroxylation is 2. The number of rotatable bonds is 5. The second-order valence-corrected chi connectivity index (χ2v) is 6.71. The van der Waals surface area contributed by atoms with Crippen LogP contribution in [0.2, 0.25) is 0 Å². The van der Waals surface area contributed by atoms with Gasteiger partial charge in [-0.25, -0.2) is 10.4 Å². The zero-order valence-electron chi connectivity index (χ0n) is 15.2. The molecule has 8 heteroatoms. The van der Waals surface area contributed by atoms with Crippen molar-refractivity contribution in [3.8, 4) is 11.5 Å². The smallest absolute Gasteiger partial charge is 0.271 e. The minimum Gasteiger partial charge on any atom is -0.503 e. The molecule has 0 bridgehead atoms. The summed E-state index contributed by atoms with van der Waals surface area (Å²) in [6.07, 6.45) is 1.47. The third-order valence-corrected chi connectivity index (χ3v) is 4.77. The van der Waals surface area contributed by atoms with Gasteiger partial charge in [-0.3, -0.25) is 4.79 Å². The Morgan fingerprint density at radius 3 is 2.89 bits per heavy atom. The first-order chi connectivity index (χ1) is 12.9. The van der Waals surface area contributed by atoms with Crippen LogP contribution in [0.4, 0.5) is 0 Å². The van der Waals surface area contributed by atoms with E-state index < -0.39 is 0 Å². The Bertz CT molecular complexity index is 1040. The molecule has 3 aromatic rings. The zero-order chi connectivity index (χ0) is 19.6. The topological polar surface area (TPSA) is 88.7 Å². The number of carbonyl (C=O) groups is 1. The summed E-state index contributed by atoms with van der Waals surface area (Å²) in [5.41, 5.74) is 5.40. The van der Waals surface area contributed by atoms with Crippen LogP contribution in [0.25, 0.3) is 11.0 Å². The second-order valence-electron chi connectivity index (χ2n) is 5.86. The van der Waals surface area contributed by atoms with Gasteiger partial charge in [0.15, 0.2) is 11.5 Å². The van der Waals surface area contributed by atoms with Gasteiger partial charge in [-0.2, -0.15) is 5.10 Å². The highest BCUT2D eigenvalue weighted by Gasteiger charge is 2.11. The quantitative estimate of drug-likeness (QED) is 0.477. The lowest BCUT2D eigenvalue weighted by Gasteiger charge is -2.06. The van der Waals surface area contributed by atoms with Gasteiger partial charge in [-0.05, 0) is 65.7 Å². The molecule has 7 nitrogen and oxygen atoms in total. The molecular formula is C19H19BrN4O3. The SMILES string of the molecule is CCn1c(C)nc2cc(C(=O)NN=Cc3cc(Br)c(O)c(OC)c3)ccc21. The number of benzene rings is 2. The van der Waals surface area contributed by atoms with Gasteiger partial charge in [0.2, 0.25) is 0 Å². The number of hydrogen-bond acceptors (Lipinski definition) is 5. The van der Waals surface area contributed by atoms with E-state index in [-0.39, 0.29) is 11.7 Å². The lowest BCUT2D eigenvalue weighted by Crippen LogP contribution is -2.17. The number of amides is 1. The summed E-state index contributed by atoms with van der Waals surface area (Å²) in [6.45, 7) is 4.82. The number of methoxy groups -OCH3 is 1. The number of aromatic nitrogens is 2. The maximum atomic E-state index is 12.4. The number of ether oxygens (including phenoxy) is 1. The second kappa shape index (κ2) is 7.79. The number of imidazole rings is 1. The standard InChI is InChI=1S/C19H19BrN4O3/c1-4-24-11(2)22-15-9-13(5-6-16(15)24)19(26)23-21-10-12-7-14(20)18(25)17(8-12)27-3/h5-10,25H,4H2,1-3H3,(H,23,26). The molecule has 0 saturated carbocycles. The third kappa shape index (κ3) is 3.80. The summed E-state index contributed by atoms with van der Waals surface area (Å²) in [5, 5.41) is 13.8. The minimum absolute atomic E-state index is 0.00815. The van der Waals surface area contributed by atoms with Crippen molar-refractivity contribution in [1.82, 2.24) is 15.0 Å². The predicted molar refractivity (Wildman–Crippen MR) is 108 cm³/mol. The van der Waals surface area contributed by atoms with Crippen molar-refractivity contribution in [3.05, 3.63) is 51.8 Å². The van der Waals surface area contributed by atoms with Crippen LogP contribution in [0.15, 0.2) is 39.9 Å². The van der Waals surface area contributed by atoms with Gasteiger partial charge in [-0.1, -0.05) is 0 Å². The maximum absolute atomic E-state index is 12.4. The first-order valence-corrected chi connectivity index (χ1v) is 9.10. The summed E-state index contributed by atoms with van der Waals surface area (Å²) >= 11 is 3.24. The van der Waals surface area contributed by atoms with Crippen molar-refractivity contribution >= 4 is 39.1 Å². The van der Waals surface area contributed by atoms with E-state index in [1.54, 1.807) is 24.3 Å². The van der Waals surface area contributed by atoms with E-state index in [9.17, 15) is 9.90 Å². The molecule has 140 valence electrons. The Morgan fingerprint density at radius 2 is 2.19 bits per heavy atom. The first kappa shape index (κ1) is 18.9. The predicted octanol–water partition coefficient (Wildman–Crippen LogP) is 3.61. The molecule has 1 amide bonds. The molecule has 0 atom stereocenters. The fraction of sp³-hybridized carbons (Fsp3) is 0.211. The number of carbonyl (C=O) groups excluding carboxylic acids is 1. The highest BCUT2D eigenvalue weighted by Crippen LogP contribution is 2.34. The Kier molecular flexibility index (Phi) is 5.46. The molecule has 0 fully saturated rings. The van der Waals surface area contributed by atoms with Crippen LogP contribution in [0, 0.1) is 6.92 Å². The molecule has 0 aliphatic heterocycles. The van der Waals surface area contributed by atoms with E-state index in [1.807, 2.05) is 13.0 Å². The normalized spacial score (nSPS) is 11.3. The monoisotopic (exact) mass is 430 g/mol. The average Bonchev–Trinajstić information content (AvgIpc) is 2.98. The van der Waals surface area contributed by atoms with Gasteiger partial charge in [0.05, 0.1) is 28.8 Å². The number of aromatic hydroxyl groups is 1. The number of fused-ring (bicyclic) bond motifs is 1. The lowest BCUT2D eigenvalue weighted by molar-refractivity contribution is 0.0955. The van der Waals surface area contributed by atoms with Crippen LogP contribution >= 0.6 is 15.9 Å². The number of nitrogens with one attached hydrogen (secondary N) is 1. The van der Waals surface area contributed by atoms with Crippen LogP contribution in [0.1, 0.15) is 28.7 Å². The van der Waals surface area contributed by atoms with Crippen LogP contribution in [0.5, 0.6) is 11.5 Å². The largest absolute Gasteiger partial charge is 0.503 e. The zero-order valence-corrected chi connectivity index (χ0v) is 16.7. The number of phenols is 1. The maximum Gasteiger partial charge on any atom is 0.271 e. The van der Waals surface area contributed by atoms with Gasteiger partial charge in [0, 0.05) is 12.1 Å². The molecule has 0 aliphatic carbocycles. The Balaban J connectivity index is 1.77. The molecule has 0 aliphatic rings.